The van der Waals surface area contributed by atoms with Gasteiger partial charge in [-0.25, -0.2) is 0 Å². The molecule has 1 aliphatic carbocycles. The van der Waals surface area contributed by atoms with Crippen molar-refractivity contribution < 1.29 is 14.3 Å². The van der Waals surface area contributed by atoms with Crippen LogP contribution in [0, 0.1) is 0 Å². The summed E-state index contributed by atoms with van der Waals surface area (Å²) in [6.45, 7) is 2.02. The molecular formula is C15H21FO2. The van der Waals surface area contributed by atoms with Crippen LogP contribution in [-0.2, 0) is 4.79 Å². The summed E-state index contributed by atoms with van der Waals surface area (Å²) in [5, 5.41) is 9.65. The van der Waals surface area contributed by atoms with Crippen LogP contribution >= 0.6 is 0 Å². The average molecular weight is 252 g/mol. The van der Waals surface area contributed by atoms with E-state index in [-0.39, 0.29) is 5.57 Å². The summed E-state index contributed by atoms with van der Waals surface area (Å²) in [6.07, 6.45) is 10.9. The first-order valence-corrected chi connectivity index (χ1v) is 6.49. The molecule has 0 radical (unpaired) electrons. The van der Waals surface area contributed by atoms with E-state index in [2.05, 4.69) is 6.08 Å². The molecule has 0 fully saturated rings. The highest BCUT2D eigenvalue weighted by Crippen LogP contribution is 2.15. The van der Waals surface area contributed by atoms with Crippen molar-refractivity contribution in [3.05, 3.63) is 35.5 Å². The molecule has 0 saturated heterocycles. The molecule has 2 nitrogen and oxygen atoms in total. The van der Waals surface area contributed by atoms with Crippen LogP contribution in [0.3, 0.4) is 0 Å². The fourth-order valence-electron chi connectivity index (χ4n) is 1.95. The first kappa shape index (κ1) is 14.8. The van der Waals surface area contributed by atoms with Crippen molar-refractivity contribution in [1.29, 1.82) is 0 Å². The van der Waals surface area contributed by atoms with Gasteiger partial charge in [-0.3, -0.25) is 4.79 Å². The van der Waals surface area contributed by atoms with Crippen molar-refractivity contribution in [2.75, 3.05) is 0 Å². The van der Waals surface area contributed by atoms with Crippen LogP contribution in [0.4, 0.5) is 4.39 Å². The van der Waals surface area contributed by atoms with Crippen LogP contribution in [0.15, 0.2) is 35.5 Å². The zero-order valence-electron chi connectivity index (χ0n) is 10.9. The quantitative estimate of drug-likeness (QED) is 0.571. The second kappa shape index (κ2) is 7.98. The van der Waals surface area contributed by atoms with Gasteiger partial charge in [0.25, 0.3) is 0 Å². The van der Waals surface area contributed by atoms with Crippen LogP contribution in [0.5, 0.6) is 0 Å². The van der Waals surface area contributed by atoms with Gasteiger partial charge >= 0.3 is 6.04 Å². The lowest BCUT2D eigenvalue weighted by molar-refractivity contribution is -0.125. The predicted octanol–water partition coefficient (Wildman–Crippen LogP) is 3.63. The van der Waals surface area contributed by atoms with Gasteiger partial charge in [-0.2, -0.15) is 4.39 Å². The highest BCUT2D eigenvalue weighted by atomic mass is 19.1. The van der Waals surface area contributed by atoms with Crippen molar-refractivity contribution in [3.8, 4) is 0 Å². The van der Waals surface area contributed by atoms with Gasteiger partial charge in [0.15, 0.2) is 0 Å². The summed E-state index contributed by atoms with van der Waals surface area (Å²) >= 11 is 0. The molecule has 0 aromatic heterocycles. The minimum atomic E-state index is -1.33. The van der Waals surface area contributed by atoms with E-state index in [0.29, 0.717) is 25.7 Å². The van der Waals surface area contributed by atoms with Crippen molar-refractivity contribution in [2.24, 2.45) is 0 Å². The molecule has 0 saturated carbocycles. The van der Waals surface area contributed by atoms with E-state index < -0.39 is 12.1 Å². The number of hydrogen-bond donors (Lipinski definition) is 1. The maximum atomic E-state index is 12.8. The van der Waals surface area contributed by atoms with Gasteiger partial charge in [0.05, 0.1) is 6.10 Å². The first-order valence-electron chi connectivity index (χ1n) is 6.49. The number of halogens is 1. The molecule has 3 heteroatoms. The lowest BCUT2D eigenvalue weighted by atomic mass is 10.1. The van der Waals surface area contributed by atoms with Gasteiger partial charge < -0.3 is 5.11 Å². The molecule has 0 amide bonds. The van der Waals surface area contributed by atoms with Gasteiger partial charge in [-0.05, 0) is 45.4 Å². The van der Waals surface area contributed by atoms with E-state index >= 15 is 0 Å². The molecule has 0 aromatic carbocycles. The molecule has 0 heterocycles. The Bertz CT molecular complexity index is 367. The minimum Gasteiger partial charge on any atom is -0.389 e. The van der Waals surface area contributed by atoms with E-state index in [1.807, 2.05) is 13.0 Å². The second-order valence-corrected chi connectivity index (χ2v) is 4.70. The number of hydrogen-bond acceptors (Lipinski definition) is 2. The fourth-order valence-corrected chi connectivity index (χ4v) is 1.95. The summed E-state index contributed by atoms with van der Waals surface area (Å²) in [6, 6.07) is -1.33. The van der Waals surface area contributed by atoms with Crippen LogP contribution in [0.25, 0.3) is 0 Å². The molecule has 100 valence electrons. The normalized spacial score (nSPS) is 30.7. The second-order valence-electron chi connectivity index (χ2n) is 4.70. The smallest absolute Gasteiger partial charge is 0.327 e. The van der Waals surface area contributed by atoms with Crippen LogP contribution in [0.1, 0.15) is 45.4 Å². The maximum absolute atomic E-state index is 12.8. The highest BCUT2D eigenvalue weighted by molar-refractivity contribution is 5.87. The van der Waals surface area contributed by atoms with Gasteiger partial charge in [0, 0.05) is 5.57 Å². The molecule has 1 unspecified atom stereocenters. The molecule has 0 spiro atoms. The van der Waals surface area contributed by atoms with E-state index in [0.717, 1.165) is 12.8 Å². The summed E-state index contributed by atoms with van der Waals surface area (Å²) in [7, 11) is 0. The Morgan fingerprint density at radius 3 is 2.78 bits per heavy atom. The predicted molar refractivity (Wildman–Crippen MR) is 70.8 cm³/mol. The van der Waals surface area contributed by atoms with E-state index in [9.17, 15) is 14.3 Å². The fraction of sp³-hybridized carbons (Fsp3) is 0.533. The summed E-state index contributed by atoms with van der Waals surface area (Å²) in [5.41, 5.74) is 1.47. The number of aliphatic hydroxyl groups excluding tert-OH is 1. The summed E-state index contributed by atoms with van der Waals surface area (Å²) in [5.74, 6) is 0. The van der Waals surface area contributed by atoms with Crippen molar-refractivity contribution >= 4 is 6.04 Å². The number of allylic oxidation sites excluding steroid dienone is 5. The highest BCUT2D eigenvalue weighted by Gasteiger charge is 2.07. The molecule has 0 aromatic rings. The third-order valence-corrected chi connectivity index (χ3v) is 3.08. The van der Waals surface area contributed by atoms with E-state index in [4.69, 9.17) is 0 Å². The molecular weight excluding hydrogens is 231 g/mol. The first-order chi connectivity index (χ1) is 8.59. The van der Waals surface area contributed by atoms with Gasteiger partial charge in [-0.15, -0.1) is 0 Å². The number of aliphatic hydroxyl groups is 1. The molecule has 18 heavy (non-hydrogen) atoms. The molecule has 1 atom stereocenters. The van der Waals surface area contributed by atoms with Crippen molar-refractivity contribution in [2.45, 2.75) is 51.6 Å². The molecule has 1 aliphatic rings. The monoisotopic (exact) mass is 252 g/mol. The Hall–Kier alpha value is -1.22. The van der Waals surface area contributed by atoms with Crippen LogP contribution in [0.2, 0.25) is 0 Å². The van der Waals surface area contributed by atoms with Crippen LogP contribution in [-0.4, -0.2) is 17.2 Å². The molecule has 1 N–H and O–H groups in total. The Morgan fingerprint density at radius 1 is 1.28 bits per heavy atom. The zero-order chi connectivity index (χ0) is 13.4. The standard InChI is InChI=1S/C15H21FO2/c1-12-6-4-9-13(15(16)18)8-2-3-10-14(17)11-5-7-12/h3,7,9-10,14,17H,2,4-6,8,11H2,1H3/b10-3+,12-7-,13-9+. The molecule has 0 bridgehead atoms. The van der Waals surface area contributed by atoms with Crippen molar-refractivity contribution in [3.63, 3.8) is 0 Å². The number of carbonyl (C=O) groups is 1. The largest absolute Gasteiger partial charge is 0.389 e. The lowest BCUT2D eigenvalue weighted by Crippen LogP contribution is -2.00. The average Bonchev–Trinajstić information content (AvgIpc) is 2.32. The summed E-state index contributed by atoms with van der Waals surface area (Å²) < 4.78 is 12.8. The topological polar surface area (TPSA) is 37.3 Å². The Morgan fingerprint density at radius 2 is 2.06 bits per heavy atom. The minimum absolute atomic E-state index is 0.251. The van der Waals surface area contributed by atoms with Crippen LogP contribution < -0.4 is 0 Å². The maximum Gasteiger partial charge on any atom is 0.327 e. The van der Waals surface area contributed by atoms with Gasteiger partial charge in [-0.1, -0.05) is 29.9 Å². The number of rotatable bonds is 1. The zero-order valence-corrected chi connectivity index (χ0v) is 10.9. The summed E-state index contributed by atoms with van der Waals surface area (Å²) in [4.78, 5) is 10.8. The van der Waals surface area contributed by atoms with E-state index in [1.165, 1.54) is 5.57 Å². The molecule has 0 aliphatic heterocycles. The molecule has 1 rings (SSSR count). The Labute approximate surface area is 108 Å². The number of carbonyl (C=O) groups excluding carboxylic acids is 1. The van der Waals surface area contributed by atoms with Gasteiger partial charge in [0.1, 0.15) is 0 Å². The Kier molecular flexibility index (Phi) is 6.58. The SMILES string of the molecule is C/C1=C/CCC(O)/C=C/CC/C(C(=O)F)=C\CC1. The third-order valence-electron chi connectivity index (χ3n) is 3.08. The third kappa shape index (κ3) is 5.92. The van der Waals surface area contributed by atoms with Crippen molar-refractivity contribution in [1.82, 2.24) is 0 Å². The Balaban J connectivity index is 2.72. The van der Waals surface area contributed by atoms with E-state index in [1.54, 1.807) is 12.2 Å². The van der Waals surface area contributed by atoms with Gasteiger partial charge in [0.2, 0.25) is 0 Å². The lowest BCUT2D eigenvalue weighted by Gasteiger charge is -2.03.